The van der Waals surface area contributed by atoms with E-state index in [4.69, 9.17) is 5.11 Å². The first-order chi connectivity index (χ1) is 8.25. The van der Waals surface area contributed by atoms with Gasteiger partial charge in [0, 0.05) is 18.2 Å². The van der Waals surface area contributed by atoms with Crippen LogP contribution >= 0.6 is 0 Å². The summed E-state index contributed by atoms with van der Waals surface area (Å²) in [6, 6.07) is 1.32. The molecular formula is C12H15F4NO. The fourth-order valence-electron chi connectivity index (χ4n) is 1.51. The number of halogens is 4. The maximum absolute atomic E-state index is 13.5. The summed E-state index contributed by atoms with van der Waals surface area (Å²) in [4.78, 5) is 0. The second-order valence-corrected chi connectivity index (χ2v) is 4.29. The Morgan fingerprint density at radius 1 is 1.28 bits per heavy atom. The molecule has 102 valence electrons. The van der Waals surface area contributed by atoms with Gasteiger partial charge in [0.05, 0.1) is 12.2 Å². The Morgan fingerprint density at radius 2 is 1.89 bits per heavy atom. The lowest BCUT2D eigenvalue weighted by Crippen LogP contribution is -2.23. The number of aliphatic hydroxyl groups excluding tert-OH is 1. The summed E-state index contributed by atoms with van der Waals surface area (Å²) in [7, 11) is 0. The van der Waals surface area contributed by atoms with E-state index in [-0.39, 0.29) is 23.7 Å². The SMILES string of the molecule is CC(C)NCc1cc(C(F)(F)F)cc(F)c1CO. The van der Waals surface area contributed by atoms with E-state index in [2.05, 4.69) is 5.32 Å². The van der Waals surface area contributed by atoms with E-state index in [0.717, 1.165) is 6.07 Å². The first kappa shape index (κ1) is 14.9. The Hall–Kier alpha value is -1.14. The molecular weight excluding hydrogens is 250 g/mol. The van der Waals surface area contributed by atoms with Gasteiger partial charge in [0.2, 0.25) is 0 Å². The highest BCUT2D eigenvalue weighted by molar-refractivity contribution is 5.34. The molecule has 0 aliphatic carbocycles. The van der Waals surface area contributed by atoms with Crippen molar-refractivity contribution in [2.24, 2.45) is 0 Å². The van der Waals surface area contributed by atoms with Gasteiger partial charge in [0.15, 0.2) is 0 Å². The molecule has 1 aromatic carbocycles. The van der Waals surface area contributed by atoms with Crippen molar-refractivity contribution in [1.82, 2.24) is 5.32 Å². The summed E-state index contributed by atoms with van der Waals surface area (Å²) in [5.74, 6) is -1.03. The lowest BCUT2D eigenvalue weighted by molar-refractivity contribution is -0.137. The number of alkyl halides is 3. The van der Waals surface area contributed by atoms with Crippen LogP contribution in [-0.2, 0) is 19.3 Å². The van der Waals surface area contributed by atoms with E-state index in [1.165, 1.54) is 0 Å². The molecule has 0 bridgehead atoms. The Bertz CT molecular complexity index is 415. The molecule has 0 spiro atoms. The number of hydrogen-bond acceptors (Lipinski definition) is 2. The van der Waals surface area contributed by atoms with Gasteiger partial charge in [-0.25, -0.2) is 4.39 Å². The summed E-state index contributed by atoms with van der Waals surface area (Å²) in [5.41, 5.74) is -1.02. The monoisotopic (exact) mass is 265 g/mol. The minimum Gasteiger partial charge on any atom is -0.392 e. The highest BCUT2D eigenvalue weighted by Crippen LogP contribution is 2.32. The predicted octanol–water partition coefficient (Wildman–Crippen LogP) is 2.83. The fourth-order valence-corrected chi connectivity index (χ4v) is 1.51. The summed E-state index contributed by atoms with van der Waals surface area (Å²) in [6.07, 6.45) is -4.60. The standard InChI is InChI=1S/C12H15F4NO/c1-7(2)17-5-8-3-9(12(14,15)16)4-11(13)10(8)6-18/h3-4,7,17-18H,5-6H2,1-2H3. The van der Waals surface area contributed by atoms with Crippen molar-refractivity contribution in [3.63, 3.8) is 0 Å². The molecule has 0 radical (unpaired) electrons. The molecule has 2 nitrogen and oxygen atoms in total. The van der Waals surface area contributed by atoms with Crippen LogP contribution < -0.4 is 5.32 Å². The topological polar surface area (TPSA) is 32.3 Å². The normalized spacial score (nSPS) is 12.2. The molecule has 1 rings (SSSR count). The largest absolute Gasteiger partial charge is 0.416 e. The third-order valence-corrected chi connectivity index (χ3v) is 2.47. The number of benzene rings is 1. The van der Waals surface area contributed by atoms with Gasteiger partial charge in [-0.2, -0.15) is 13.2 Å². The van der Waals surface area contributed by atoms with E-state index in [0.29, 0.717) is 6.07 Å². The molecule has 0 aliphatic rings. The van der Waals surface area contributed by atoms with Gasteiger partial charge in [-0.1, -0.05) is 13.8 Å². The summed E-state index contributed by atoms with van der Waals surface area (Å²) in [6.45, 7) is 3.10. The Morgan fingerprint density at radius 3 is 2.33 bits per heavy atom. The second-order valence-electron chi connectivity index (χ2n) is 4.29. The molecule has 0 amide bonds. The van der Waals surface area contributed by atoms with Crippen LogP contribution in [0.4, 0.5) is 17.6 Å². The molecule has 0 aliphatic heterocycles. The highest BCUT2D eigenvalue weighted by Gasteiger charge is 2.32. The van der Waals surface area contributed by atoms with Crippen LogP contribution in [-0.4, -0.2) is 11.1 Å². The van der Waals surface area contributed by atoms with Crippen LogP contribution in [0, 0.1) is 5.82 Å². The molecule has 0 fully saturated rings. The average molecular weight is 265 g/mol. The highest BCUT2D eigenvalue weighted by atomic mass is 19.4. The average Bonchev–Trinajstić information content (AvgIpc) is 2.24. The molecule has 0 unspecified atom stereocenters. The fraction of sp³-hybridized carbons (Fsp3) is 0.500. The molecule has 0 saturated carbocycles. The zero-order valence-corrected chi connectivity index (χ0v) is 10.1. The van der Waals surface area contributed by atoms with Crippen LogP contribution in [0.2, 0.25) is 0 Å². The molecule has 0 atom stereocenters. The smallest absolute Gasteiger partial charge is 0.392 e. The number of rotatable bonds is 4. The van der Waals surface area contributed by atoms with Gasteiger partial charge in [0.25, 0.3) is 0 Å². The minimum absolute atomic E-state index is 0.0501. The lowest BCUT2D eigenvalue weighted by Gasteiger charge is -2.15. The van der Waals surface area contributed by atoms with Crippen LogP contribution in [0.3, 0.4) is 0 Å². The first-order valence-electron chi connectivity index (χ1n) is 5.48. The summed E-state index contributed by atoms with van der Waals surface area (Å²) in [5, 5.41) is 11.9. The first-order valence-corrected chi connectivity index (χ1v) is 5.48. The second kappa shape index (κ2) is 5.67. The Labute approximate surface area is 103 Å². The van der Waals surface area contributed by atoms with Gasteiger partial charge < -0.3 is 10.4 Å². The van der Waals surface area contributed by atoms with Gasteiger partial charge in [-0.3, -0.25) is 0 Å². The quantitative estimate of drug-likeness (QED) is 0.820. The van der Waals surface area contributed by atoms with Crippen LogP contribution in [0.25, 0.3) is 0 Å². The van der Waals surface area contributed by atoms with Gasteiger partial charge >= 0.3 is 6.18 Å². The van der Waals surface area contributed by atoms with Crippen LogP contribution in [0.1, 0.15) is 30.5 Å². The van der Waals surface area contributed by atoms with Crippen molar-refractivity contribution in [2.45, 2.75) is 39.2 Å². The van der Waals surface area contributed by atoms with Crippen molar-refractivity contribution in [2.75, 3.05) is 0 Å². The molecule has 1 aromatic rings. The molecule has 18 heavy (non-hydrogen) atoms. The van der Waals surface area contributed by atoms with E-state index in [1.807, 2.05) is 13.8 Å². The molecule has 2 N–H and O–H groups in total. The molecule has 6 heteroatoms. The molecule has 0 heterocycles. The van der Waals surface area contributed by atoms with E-state index in [9.17, 15) is 17.6 Å². The molecule has 0 saturated heterocycles. The summed E-state index contributed by atoms with van der Waals surface area (Å²) >= 11 is 0. The van der Waals surface area contributed by atoms with Gasteiger partial charge in [-0.15, -0.1) is 0 Å². The van der Waals surface area contributed by atoms with Crippen molar-refractivity contribution >= 4 is 0 Å². The number of hydrogen-bond donors (Lipinski definition) is 2. The van der Waals surface area contributed by atoms with Gasteiger partial charge in [0.1, 0.15) is 5.82 Å². The van der Waals surface area contributed by atoms with Crippen molar-refractivity contribution in [3.05, 3.63) is 34.6 Å². The van der Waals surface area contributed by atoms with Crippen LogP contribution in [0.15, 0.2) is 12.1 Å². The third kappa shape index (κ3) is 3.68. The maximum Gasteiger partial charge on any atom is 0.416 e. The Kier molecular flexibility index (Phi) is 4.70. The van der Waals surface area contributed by atoms with Crippen molar-refractivity contribution in [3.8, 4) is 0 Å². The molecule has 0 aromatic heterocycles. The number of aliphatic hydroxyl groups is 1. The number of nitrogens with one attached hydrogen (secondary N) is 1. The Balaban J connectivity index is 3.15. The van der Waals surface area contributed by atoms with Crippen molar-refractivity contribution < 1.29 is 22.7 Å². The third-order valence-electron chi connectivity index (χ3n) is 2.47. The van der Waals surface area contributed by atoms with Crippen LogP contribution in [0.5, 0.6) is 0 Å². The predicted molar refractivity (Wildman–Crippen MR) is 59.3 cm³/mol. The van der Waals surface area contributed by atoms with Crippen molar-refractivity contribution in [1.29, 1.82) is 0 Å². The zero-order chi connectivity index (χ0) is 13.9. The van der Waals surface area contributed by atoms with E-state index < -0.39 is 24.2 Å². The zero-order valence-electron chi connectivity index (χ0n) is 10.1. The lowest BCUT2D eigenvalue weighted by atomic mass is 10.0. The maximum atomic E-state index is 13.5. The summed E-state index contributed by atoms with van der Waals surface area (Å²) < 4.78 is 51.1. The minimum atomic E-state index is -4.60. The van der Waals surface area contributed by atoms with E-state index in [1.54, 1.807) is 0 Å². The van der Waals surface area contributed by atoms with Gasteiger partial charge in [-0.05, 0) is 17.7 Å². The van der Waals surface area contributed by atoms with E-state index >= 15 is 0 Å².